The largest absolute Gasteiger partial charge is 0.467 e. The molecule has 0 radical (unpaired) electrons. The third kappa shape index (κ3) is 5.81. The van der Waals surface area contributed by atoms with E-state index >= 15 is 0 Å². The Balaban J connectivity index is 1.90. The molecule has 3 rings (SSSR count). The van der Waals surface area contributed by atoms with Gasteiger partial charge in [-0.15, -0.1) is 0 Å². The lowest BCUT2D eigenvalue weighted by atomic mass is 9.96. The van der Waals surface area contributed by atoms with Crippen LogP contribution in [-0.4, -0.2) is 50.8 Å². The van der Waals surface area contributed by atoms with E-state index in [1.54, 1.807) is 0 Å². The van der Waals surface area contributed by atoms with Crippen LogP contribution < -0.4 is 0 Å². The molecule has 2 aromatic carbocycles. The van der Waals surface area contributed by atoms with Crippen LogP contribution in [0.1, 0.15) is 11.1 Å². The molecule has 1 aliphatic rings. The minimum Gasteiger partial charge on any atom is -0.467 e. The van der Waals surface area contributed by atoms with Gasteiger partial charge in [0.2, 0.25) is 0 Å². The number of rotatable bonds is 9. The van der Waals surface area contributed by atoms with Gasteiger partial charge in [0.25, 0.3) is 0 Å². The van der Waals surface area contributed by atoms with Crippen LogP contribution in [0.4, 0.5) is 0 Å². The van der Waals surface area contributed by atoms with Gasteiger partial charge in [-0.1, -0.05) is 65.8 Å². The molecule has 9 heteroatoms. The van der Waals surface area contributed by atoms with Crippen LogP contribution in [0.2, 0.25) is 0 Å². The second-order valence-corrected chi connectivity index (χ2v) is 6.90. The van der Waals surface area contributed by atoms with E-state index in [0.29, 0.717) is 0 Å². The number of nitrogens with zero attached hydrogens (tertiary/aromatic N) is 3. The smallest absolute Gasteiger partial charge is 0.337 e. The van der Waals surface area contributed by atoms with Gasteiger partial charge in [0.05, 0.1) is 20.3 Å². The lowest BCUT2D eigenvalue weighted by Crippen LogP contribution is -2.61. The highest BCUT2D eigenvalue weighted by atomic mass is 16.7. The monoisotopic (exact) mass is 427 g/mol. The molecule has 0 unspecified atom stereocenters. The van der Waals surface area contributed by atoms with Gasteiger partial charge in [0.1, 0.15) is 18.2 Å². The molecule has 31 heavy (non-hydrogen) atoms. The van der Waals surface area contributed by atoms with E-state index in [1.165, 1.54) is 14.2 Å². The number of ether oxygens (including phenoxy) is 5. The van der Waals surface area contributed by atoms with Crippen molar-refractivity contribution in [2.75, 3.05) is 14.2 Å². The summed E-state index contributed by atoms with van der Waals surface area (Å²) in [4.78, 5) is 15.4. The van der Waals surface area contributed by atoms with Crippen LogP contribution in [0.3, 0.4) is 0 Å². The number of hydrogen-bond acceptors (Lipinski definition) is 7. The van der Waals surface area contributed by atoms with E-state index in [-0.39, 0.29) is 13.2 Å². The van der Waals surface area contributed by atoms with Crippen molar-refractivity contribution < 1.29 is 28.5 Å². The van der Waals surface area contributed by atoms with E-state index in [9.17, 15) is 4.79 Å². The Morgan fingerprint density at radius 2 is 1.52 bits per heavy atom. The predicted octanol–water partition coefficient (Wildman–Crippen LogP) is 3.38. The number of carbonyl (C=O) groups excluding carboxylic acids is 1. The van der Waals surface area contributed by atoms with Crippen LogP contribution in [0, 0.1) is 0 Å². The second-order valence-electron chi connectivity index (χ2n) is 6.90. The third-order valence-corrected chi connectivity index (χ3v) is 4.94. The van der Waals surface area contributed by atoms with Gasteiger partial charge in [-0.2, -0.15) is 0 Å². The van der Waals surface area contributed by atoms with E-state index in [2.05, 4.69) is 10.0 Å². The molecule has 0 aromatic heterocycles. The molecule has 0 spiro atoms. The van der Waals surface area contributed by atoms with Crippen LogP contribution in [-0.2, 0) is 41.7 Å². The molecule has 0 aliphatic carbocycles. The minimum atomic E-state index is -1.12. The first kappa shape index (κ1) is 22.7. The first-order valence-electron chi connectivity index (χ1n) is 9.79. The minimum absolute atomic E-state index is 0.203. The highest BCUT2D eigenvalue weighted by Crippen LogP contribution is 2.30. The number of carbonyl (C=O) groups is 1. The fourth-order valence-electron chi connectivity index (χ4n) is 3.41. The molecule has 1 fully saturated rings. The Morgan fingerprint density at radius 1 is 0.968 bits per heavy atom. The van der Waals surface area contributed by atoms with Crippen molar-refractivity contribution in [2.24, 2.45) is 5.11 Å². The molecule has 9 nitrogen and oxygen atoms in total. The zero-order valence-corrected chi connectivity index (χ0v) is 17.4. The zero-order valence-electron chi connectivity index (χ0n) is 17.4. The summed E-state index contributed by atoms with van der Waals surface area (Å²) in [6.07, 6.45) is -3.83. The fourth-order valence-corrected chi connectivity index (χ4v) is 3.41. The van der Waals surface area contributed by atoms with E-state index in [0.717, 1.165) is 11.1 Å². The lowest BCUT2D eigenvalue weighted by Gasteiger charge is -2.43. The Kier molecular flexibility index (Phi) is 8.40. The molecule has 1 aliphatic heterocycles. The Hall–Kier alpha value is -2.94. The van der Waals surface area contributed by atoms with Crippen molar-refractivity contribution in [3.63, 3.8) is 0 Å². The highest BCUT2D eigenvalue weighted by Gasteiger charge is 2.50. The van der Waals surface area contributed by atoms with Crippen molar-refractivity contribution in [1.82, 2.24) is 0 Å². The van der Waals surface area contributed by atoms with Crippen molar-refractivity contribution >= 4 is 5.97 Å². The van der Waals surface area contributed by atoms with Crippen molar-refractivity contribution in [3.05, 3.63) is 82.2 Å². The van der Waals surface area contributed by atoms with Crippen LogP contribution >= 0.6 is 0 Å². The second kappa shape index (κ2) is 11.5. The van der Waals surface area contributed by atoms with Crippen LogP contribution in [0.25, 0.3) is 10.4 Å². The standard InChI is InChI=1S/C22H25N3O6/c1-27-21(26)20-19(30-14-16-11-7-4-8-12-16)18(17(24-25-23)22(28-2)31-20)29-13-15-9-5-3-6-10-15/h3-12,17-20,22H,13-14H2,1-2H3/t17-,18+,19-,20-,22-/m0/s1. The molecule has 0 amide bonds. The Morgan fingerprint density at radius 3 is 2.00 bits per heavy atom. The van der Waals surface area contributed by atoms with Crippen molar-refractivity contribution in [3.8, 4) is 0 Å². The first-order chi connectivity index (χ1) is 15.2. The van der Waals surface area contributed by atoms with E-state index < -0.39 is 36.6 Å². The maximum Gasteiger partial charge on any atom is 0.337 e. The number of benzene rings is 2. The number of esters is 1. The van der Waals surface area contributed by atoms with E-state index in [1.807, 2.05) is 60.7 Å². The average molecular weight is 427 g/mol. The van der Waals surface area contributed by atoms with Crippen LogP contribution in [0.5, 0.6) is 0 Å². The van der Waals surface area contributed by atoms with Gasteiger partial charge in [-0.3, -0.25) is 0 Å². The maximum atomic E-state index is 12.5. The highest BCUT2D eigenvalue weighted by molar-refractivity contribution is 5.75. The maximum absolute atomic E-state index is 12.5. The van der Waals surface area contributed by atoms with Gasteiger partial charge in [0, 0.05) is 12.0 Å². The summed E-state index contributed by atoms with van der Waals surface area (Å²) in [5, 5.41) is 3.83. The summed E-state index contributed by atoms with van der Waals surface area (Å²) < 4.78 is 28.2. The van der Waals surface area contributed by atoms with Crippen molar-refractivity contribution in [2.45, 2.75) is 43.9 Å². The van der Waals surface area contributed by atoms with Gasteiger partial charge >= 0.3 is 5.97 Å². The van der Waals surface area contributed by atoms with Crippen LogP contribution in [0.15, 0.2) is 65.8 Å². The molecule has 2 aromatic rings. The average Bonchev–Trinajstić information content (AvgIpc) is 2.82. The summed E-state index contributed by atoms with van der Waals surface area (Å²) in [7, 11) is 2.67. The summed E-state index contributed by atoms with van der Waals surface area (Å²) in [6, 6.07) is 18.1. The van der Waals surface area contributed by atoms with Gasteiger partial charge in [-0.25, -0.2) is 4.79 Å². The fraction of sp³-hybridized carbons (Fsp3) is 0.409. The molecule has 0 saturated carbocycles. The van der Waals surface area contributed by atoms with Gasteiger partial charge in [-0.05, 0) is 16.7 Å². The molecule has 1 saturated heterocycles. The van der Waals surface area contributed by atoms with E-state index in [4.69, 9.17) is 29.2 Å². The predicted molar refractivity (Wildman–Crippen MR) is 111 cm³/mol. The normalized spacial score (nSPS) is 25.4. The van der Waals surface area contributed by atoms with Gasteiger partial charge < -0.3 is 23.7 Å². The molecular weight excluding hydrogens is 402 g/mol. The lowest BCUT2D eigenvalue weighted by molar-refractivity contribution is -0.271. The summed E-state index contributed by atoms with van der Waals surface area (Å²) in [5.41, 5.74) is 10.9. The first-order valence-corrected chi connectivity index (χ1v) is 9.79. The Bertz CT molecular complexity index is 875. The summed E-state index contributed by atoms with van der Waals surface area (Å²) in [5.74, 6) is -0.632. The van der Waals surface area contributed by atoms with Gasteiger partial charge in [0.15, 0.2) is 12.4 Å². The summed E-state index contributed by atoms with van der Waals surface area (Å²) >= 11 is 0. The molecule has 0 N–H and O–H groups in total. The molecule has 164 valence electrons. The molecule has 5 atom stereocenters. The van der Waals surface area contributed by atoms with Crippen molar-refractivity contribution in [1.29, 1.82) is 0 Å². The third-order valence-electron chi connectivity index (χ3n) is 4.94. The number of hydrogen-bond donors (Lipinski definition) is 0. The number of methoxy groups -OCH3 is 2. The summed E-state index contributed by atoms with van der Waals surface area (Å²) in [6.45, 7) is 0.423. The molecule has 1 heterocycles. The topological polar surface area (TPSA) is 112 Å². The zero-order chi connectivity index (χ0) is 22.1. The SMILES string of the molecule is COC(=O)[C@H]1O[C@H](OC)[C@@H](N=[N+]=[N-])[C@@H](OCc2ccccc2)[C@@H]1OCc1ccccc1. The number of azide groups is 1. The quantitative estimate of drug-likeness (QED) is 0.262. The molecule has 0 bridgehead atoms. The Labute approximate surface area is 180 Å². The molecular formula is C22H25N3O6.